The van der Waals surface area contributed by atoms with Crippen molar-refractivity contribution < 1.29 is 4.74 Å². The van der Waals surface area contributed by atoms with Crippen LogP contribution in [0.3, 0.4) is 0 Å². The van der Waals surface area contributed by atoms with Crippen LogP contribution in [0, 0.1) is 0 Å². The molecule has 31 heavy (non-hydrogen) atoms. The predicted octanol–water partition coefficient (Wildman–Crippen LogP) is 3.58. The first-order valence-corrected chi connectivity index (χ1v) is 10.3. The van der Waals surface area contributed by atoms with Crippen molar-refractivity contribution in [3.8, 4) is 5.88 Å². The van der Waals surface area contributed by atoms with E-state index in [1.165, 1.54) is 5.56 Å². The summed E-state index contributed by atoms with van der Waals surface area (Å²) in [5, 5.41) is 17.9. The molecule has 0 aliphatic carbocycles. The van der Waals surface area contributed by atoms with E-state index in [4.69, 9.17) is 9.72 Å². The summed E-state index contributed by atoms with van der Waals surface area (Å²) in [5.41, 5.74) is 3.89. The zero-order valence-electron chi connectivity index (χ0n) is 17.0. The minimum Gasteiger partial charge on any atom is -0.470 e. The lowest BCUT2D eigenvalue weighted by molar-refractivity contribution is 0.288. The first kappa shape index (κ1) is 19.1. The molecule has 154 valence electrons. The van der Waals surface area contributed by atoms with Crippen molar-refractivity contribution in [3.63, 3.8) is 0 Å². The maximum atomic E-state index is 6.05. The number of fused-ring (bicyclic) bond motifs is 3. The molecule has 7 heteroatoms. The Morgan fingerprint density at radius 3 is 2.55 bits per heavy atom. The lowest BCUT2D eigenvalue weighted by atomic mass is 10.1. The molecule has 2 aromatic carbocycles. The number of aromatic nitrogens is 5. The molecular weight excluding hydrogens is 388 g/mol. The van der Waals surface area contributed by atoms with Crippen LogP contribution in [0.15, 0.2) is 79.1 Å². The van der Waals surface area contributed by atoms with Gasteiger partial charge in [0.05, 0.1) is 11.4 Å². The molecule has 5 rings (SSSR count). The second kappa shape index (κ2) is 8.89. The van der Waals surface area contributed by atoms with Gasteiger partial charge in [-0.05, 0) is 36.7 Å². The van der Waals surface area contributed by atoms with Crippen molar-refractivity contribution in [2.75, 3.05) is 6.54 Å². The molecule has 0 aliphatic heterocycles. The standard InChI is InChI=1S/C24H22N6O/c1-2-7-18(8-3-1)13-14-25-15-19-9-6-10-20(27-19)16-31-24-22-12-5-4-11-21(22)23-28-26-17-30(23)29-24/h1-12,17,25H,13-16H2. The van der Waals surface area contributed by atoms with Gasteiger partial charge in [0.25, 0.3) is 0 Å². The van der Waals surface area contributed by atoms with Crippen LogP contribution in [-0.2, 0) is 19.6 Å². The van der Waals surface area contributed by atoms with Gasteiger partial charge in [-0.1, -0.05) is 54.6 Å². The largest absolute Gasteiger partial charge is 0.470 e. The summed E-state index contributed by atoms with van der Waals surface area (Å²) in [6.45, 7) is 1.96. The third kappa shape index (κ3) is 4.36. The molecule has 0 atom stereocenters. The first-order chi connectivity index (χ1) is 15.4. The van der Waals surface area contributed by atoms with Gasteiger partial charge >= 0.3 is 0 Å². The molecule has 0 spiro atoms. The van der Waals surface area contributed by atoms with E-state index in [1.54, 1.807) is 10.8 Å². The summed E-state index contributed by atoms with van der Waals surface area (Å²) < 4.78 is 7.69. The zero-order chi connectivity index (χ0) is 20.9. The lowest BCUT2D eigenvalue weighted by Gasteiger charge is -2.10. The fourth-order valence-corrected chi connectivity index (χ4v) is 3.55. The van der Waals surface area contributed by atoms with Crippen LogP contribution in [0.4, 0.5) is 0 Å². The van der Waals surface area contributed by atoms with E-state index in [1.807, 2.05) is 48.5 Å². The summed E-state index contributed by atoms with van der Waals surface area (Å²) in [5.74, 6) is 0.538. The Morgan fingerprint density at radius 1 is 0.839 bits per heavy atom. The summed E-state index contributed by atoms with van der Waals surface area (Å²) in [6, 6.07) is 24.4. The van der Waals surface area contributed by atoms with Crippen molar-refractivity contribution in [2.24, 2.45) is 0 Å². The van der Waals surface area contributed by atoms with Crippen LogP contribution in [-0.4, -0.2) is 31.3 Å². The molecular formula is C24H22N6O. The Balaban J connectivity index is 1.24. The van der Waals surface area contributed by atoms with Crippen LogP contribution >= 0.6 is 0 Å². The second-order valence-electron chi connectivity index (χ2n) is 7.27. The van der Waals surface area contributed by atoms with E-state index in [9.17, 15) is 0 Å². The van der Waals surface area contributed by atoms with Crippen molar-refractivity contribution in [1.29, 1.82) is 0 Å². The van der Waals surface area contributed by atoms with Crippen molar-refractivity contribution in [2.45, 2.75) is 19.6 Å². The van der Waals surface area contributed by atoms with Gasteiger partial charge in [0.2, 0.25) is 5.88 Å². The number of pyridine rings is 1. The minimum atomic E-state index is 0.336. The number of hydrogen-bond acceptors (Lipinski definition) is 6. The van der Waals surface area contributed by atoms with Crippen LogP contribution in [0.5, 0.6) is 5.88 Å². The fraction of sp³-hybridized carbons (Fsp3) is 0.167. The molecule has 0 radical (unpaired) electrons. The quantitative estimate of drug-likeness (QED) is 0.394. The first-order valence-electron chi connectivity index (χ1n) is 10.3. The Hall–Kier alpha value is -3.84. The molecule has 7 nitrogen and oxygen atoms in total. The third-order valence-electron chi connectivity index (χ3n) is 5.09. The number of ether oxygens (including phenoxy) is 1. The molecule has 0 aliphatic rings. The third-order valence-corrected chi connectivity index (χ3v) is 5.09. The lowest BCUT2D eigenvalue weighted by Crippen LogP contribution is -2.17. The van der Waals surface area contributed by atoms with E-state index in [2.05, 4.69) is 44.9 Å². The van der Waals surface area contributed by atoms with Crippen LogP contribution in [0.25, 0.3) is 16.4 Å². The summed E-state index contributed by atoms with van der Waals surface area (Å²) in [7, 11) is 0. The Morgan fingerprint density at radius 2 is 1.65 bits per heavy atom. The average Bonchev–Trinajstić information content (AvgIpc) is 3.30. The summed E-state index contributed by atoms with van der Waals surface area (Å²) in [4.78, 5) is 4.72. The highest BCUT2D eigenvalue weighted by molar-refractivity contribution is 5.96. The number of rotatable bonds is 8. The molecule has 0 saturated carbocycles. The monoisotopic (exact) mass is 410 g/mol. The van der Waals surface area contributed by atoms with Gasteiger partial charge in [0.15, 0.2) is 5.65 Å². The van der Waals surface area contributed by atoms with Gasteiger partial charge in [0.1, 0.15) is 12.9 Å². The van der Waals surface area contributed by atoms with E-state index in [-0.39, 0.29) is 0 Å². The van der Waals surface area contributed by atoms with Gasteiger partial charge in [0, 0.05) is 17.3 Å². The molecule has 1 N–H and O–H groups in total. The highest BCUT2D eigenvalue weighted by Gasteiger charge is 2.11. The molecule has 0 saturated heterocycles. The minimum absolute atomic E-state index is 0.336. The van der Waals surface area contributed by atoms with Gasteiger partial charge in [-0.15, -0.1) is 15.3 Å². The van der Waals surface area contributed by atoms with Gasteiger partial charge in [-0.25, -0.2) is 0 Å². The Bertz CT molecular complexity index is 1300. The molecule has 0 unspecified atom stereocenters. The predicted molar refractivity (Wildman–Crippen MR) is 119 cm³/mol. The van der Waals surface area contributed by atoms with Crippen molar-refractivity contribution >= 4 is 16.4 Å². The number of nitrogens with zero attached hydrogens (tertiary/aromatic N) is 5. The summed E-state index contributed by atoms with van der Waals surface area (Å²) >= 11 is 0. The van der Waals surface area contributed by atoms with Crippen LogP contribution in [0.2, 0.25) is 0 Å². The zero-order valence-corrected chi connectivity index (χ0v) is 17.0. The van der Waals surface area contributed by atoms with Gasteiger partial charge in [-0.2, -0.15) is 4.52 Å². The Kier molecular flexibility index (Phi) is 5.49. The highest BCUT2D eigenvalue weighted by Crippen LogP contribution is 2.26. The van der Waals surface area contributed by atoms with E-state index < -0.39 is 0 Å². The normalized spacial score (nSPS) is 11.2. The van der Waals surface area contributed by atoms with E-state index >= 15 is 0 Å². The van der Waals surface area contributed by atoms with E-state index in [0.29, 0.717) is 24.7 Å². The fourth-order valence-electron chi connectivity index (χ4n) is 3.55. The number of nitrogens with one attached hydrogen (secondary N) is 1. The number of hydrogen-bond donors (Lipinski definition) is 1. The highest BCUT2D eigenvalue weighted by atomic mass is 16.5. The SMILES string of the molecule is c1ccc(CCNCc2cccc(COc3nn4cnnc4c4ccccc34)n2)cc1. The van der Waals surface area contributed by atoms with Crippen molar-refractivity contribution in [3.05, 3.63) is 96.1 Å². The number of benzene rings is 2. The molecule has 5 aromatic rings. The van der Waals surface area contributed by atoms with Crippen LogP contribution < -0.4 is 10.1 Å². The smallest absolute Gasteiger partial charge is 0.240 e. The summed E-state index contributed by atoms with van der Waals surface area (Å²) in [6.07, 6.45) is 2.57. The van der Waals surface area contributed by atoms with Gasteiger partial charge in [-0.3, -0.25) is 4.98 Å². The van der Waals surface area contributed by atoms with Crippen LogP contribution in [0.1, 0.15) is 17.0 Å². The second-order valence-corrected chi connectivity index (χ2v) is 7.27. The molecule has 3 aromatic heterocycles. The maximum Gasteiger partial charge on any atom is 0.240 e. The van der Waals surface area contributed by atoms with Gasteiger partial charge < -0.3 is 10.1 Å². The maximum absolute atomic E-state index is 6.05. The molecule has 0 bridgehead atoms. The average molecular weight is 410 g/mol. The topological polar surface area (TPSA) is 77.2 Å². The Labute approximate surface area is 179 Å². The molecule has 0 amide bonds. The molecule has 0 fully saturated rings. The van der Waals surface area contributed by atoms with E-state index in [0.717, 1.165) is 35.1 Å². The molecule has 3 heterocycles. The van der Waals surface area contributed by atoms with Crippen molar-refractivity contribution in [1.82, 2.24) is 30.1 Å².